The summed E-state index contributed by atoms with van der Waals surface area (Å²) < 4.78 is 77.6. The molecule has 0 spiro atoms. The first-order valence-corrected chi connectivity index (χ1v) is 12.7. The van der Waals surface area contributed by atoms with E-state index in [4.69, 9.17) is 4.18 Å². The minimum absolute atomic E-state index is 0.00870. The summed E-state index contributed by atoms with van der Waals surface area (Å²) in [5.41, 5.74) is 0.881. The summed E-state index contributed by atoms with van der Waals surface area (Å²) in [6.45, 7) is 1.60. The van der Waals surface area contributed by atoms with Crippen molar-refractivity contribution in [1.82, 2.24) is 4.31 Å². The molecule has 0 amide bonds. The Morgan fingerprint density at radius 3 is 2.08 bits per heavy atom. The number of aryl methyl sites for hydroxylation is 1. The normalized spacial score (nSPS) is 23.0. The first-order valence-electron chi connectivity index (χ1n) is 7.42. The number of nitrogens with zero attached hydrogens (tertiary/aromatic N) is 1. The lowest BCUT2D eigenvalue weighted by Crippen LogP contribution is -2.39. The number of sulfonamides is 1. The Morgan fingerprint density at radius 1 is 1.04 bits per heavy atom. The van der Waals surface area contributed by atoms with Gasteiger partial charge in [0.25, 0.3) is 10.1 Å². The van der Waals surface area contributed by atoms with Crippen LogP contribution in [0.1, 0.15) is 12.0 Å². The van der Waals surface area contributed by atoms with Gasteiger partial charge in [-0.1, -0.05) is 17.7 Å². The molecule has 1 aliphatic heterocycles. The molecule has 8 nitrogen and oxygen atoms in total. The number of benzene rings is 1. The minimum atomic E-state index is -3.97. The van der Waals surface area contributed by atoms with Crippen molar-refractivity contribution in [3.05, 3.63) is 29.8 Å². The van der Waals surface area contributed by atoms with E-state index >= 15 is 0 Å². The van der Waals surface area contributed by atoms with Crippen LogP contribution in [0.4, 0.5) is 0 Å². The number of sulfone groups is 1. The van der Waals surface area contributed by atoms with E-state index in [1.807, 2.05) is 6.92 Å². The van der Waals surface area contributed by atoms with Crippen molar-refractivity contribution in [1.29, 1.82) is 0 Å². The SMILES string of the molecule is Cc1ccc(S(=O)(=O)N2C[C@@H](OS(C)(=O)=O)C[C@@H]2CS(C)(=O)=O)cc1. The van der Waals surface area contributed by atoms with Crippen LogP contribution in [0.5, 0.6) is 0 Å². The third-order valence-corrected chi connectivity index (χ3v) is 7.30. The quantitative estimate of drug-likeness (QED) is 0.612. The molecule has 0 aliphatic carbocycles. The third-order valence-electron chi connectivity index (χ3n) is 3.76. The molecule has 0 aromatic heterocycles. The molecular formula is C14H21NO7S3. The Morgan fingerprint density at radius 2 is 1.60 bits per heavy atom. The van der Waals surface area contributed by atoms with Gasteiger partial charge in [0, 0.05) is 18.8 Å². The van der Waals surface area contributed by atoms with Gasteiger partial charge in [-0.3, -0.25) is 4.18 Å². The van der Waals surface area contributed by atoms with E-state index < -0.39 is 47.9 Å². The van der Waals surface area contributed by atoms with Crippen LogP contribution in [-0.2, 0) is 34.2 Å². The second kappa shape index (κ2) is 6.95. The monoisotopic (exact) mass is 411 g/mol. The molecule has 1 heterocycles. The standard InChI is InChI=1S/C14H21NO7S3/c1-11-4-6-14(7-5-11)25(20,21)15-9-13(22-24(3,18)19)8-12(15)10-23(2,16)17/h4-7,12-13H,8-10H2,1-3H3/t12-,13+/m1/s1. The summed E-state index contributed by atoms with van der Waals surface area (Å²) in [6, 6.07) is 5.27. The number of hydrogen-bond acceptors (Lipinski definition) is 7. The van der Waals surface area contributed by atoms with E-state index in [2.05, 4.69) is 0 Å². The highest BCUT2D eigenvalue weighted by atomic mass is 32.2. The average Bonchev–Trinajstić information content (AvgIpc) is 2.77. The number of rotatable bonds is 6. The fourth-order valence-corrected chi connectivity index (χ4v) is 6.21. The van der Waals surface area contributed by atoms with Crippen molar-refractivity contribution in [2.75, 3.05) is 24.8 Å². The zero-order chi connectivity index (χ0) is 19.0. The molecule has 1 fully saturated rings. The first kappa shape index (κ1) is 20.3. The van der Waals surface area contributed by atoms with Crippen molar-refractivity contribution < 1.29 is 29.4 Å². The molecule has 2 atom stereocenters. The zero-order valence-electron chi connectivity index (χ0n) is 14.1. The topological polar surface area (TPSA) is 115 Å². The maximum absolute atomic E-state index is 12.9. The molecule has 1 aromatic carbocycles. The van der Waals surface area contributed by atoms with Crippen molar-refractivity contribution in [3.63, 3.8) is 0 Å². The lowest BCUT2D eigenvalue weighted by Gasteiger charge is -2.23. The molecular weight excluding hydrogens is 390 g/mol. The van der Waals surface area contributed by atoms with E-state index in [1.54, 1.807) is 12.1 Å². The van der Waals surface area contributed by atoms with E-state index in [0.717, 1.165) is 22.4 Å². The lowest BCUT2D eigenvalue weighted by atomic mass is 10.2. The Kier molecular flexibility index (Phi) is 5.65. The average molecular weight is 412 g/mol. The molecule has 142 valence electrons. The van der Waals surface area contributed by atoms with Gasteiger partial charge in [0.1, 0.15) is 9.84 Å². The van der Waals surface area contributed by atoms with Gasteiger partial charge in [-0.15, -0.1) is 0 Å². The largest absolute Gasteiger partial charge is 0.266 e. The van der Waals surface area contributed by atoms with E-state index in [-0.39, 0.29) is 17.9 Å². The van der Waals surface area contributed by atoms with Gasteiger partial charge >= 0.3 is 0 Å². The molecule has 11 heteroatoms. The van der Waals surface area contributed by atoms with Crippen LogP contribution < -0.4 is 0 Å². The Balaban J connectivity index is 2.37. The van der Waals surface area contributed by atoms with Crippen LogP contribution in [0.3, 0.4) is 0 Å². The summed E-state index contributed by atoms with van der Waals surface area (Å²) in [7, 11) is -11.2. The van der Waals surface area contributed by atoms with Gasteiger partial charge in [0.2, 0.25) is 10.0 Å². The van der Waals surface area contributed by atoms with E-state index in [0.29, 0.717) is 0 Å². The highest BCUT2D eigenvalue weighted by Gasteiger charge is 2.43. The molecule has 0 radical (unpaired) electrons. The highest BCUT2D eigenvalue weighted by Crippen LogP contribution is 2.29. The Bertz CT molecular complexity index is 935. The van der Waals surface area contributed by atoms with Crippen LogP contribution in [-0.4, -0.2) is 66.5 Å². The predicted octanol–water partition coefficient (Wildman–Crippen LogP) is 0.147. The first-order chi connectivity index (χ1) is 11.3. The predicted molar refractivity (Wildman–Crippen MR) is 92.9 cm³/mol. The lowest BCUT2D eigenvalue weighted by molar-refractivity contribution is 0.224. The minimum Gasteiger partial charge on any atom is -0.266 e. The molecule has 1 aromatic rings. The molecule has 1 saturated heterocycles. The molecule has 25 heavy (non-hydrogen) atoms. The maximum Gasteiger partial charge on any atom is 0.264 e. The second-order valence-electron chi connectivity index (χ2n) is 6.29. The number of hydrogen-bond donors (Lipinski definition) is 0. The van der Waals surface area contributed by atoms with Gasteiger partial charge in [0.15, 0.2) is 0 Å². The van der Waals surface area contributed by atoms with E-state index in [1.165, 1.54) is 12.1 Å². The molecule has 0 N–H and O–H groups in total. The maximum atomic E-state index is 12.9. The van der Waals surface area contributed by atoms with Gasteiger partial charge in [-0.2, -0.15) is 12.7 Å². The Hall–Kier alpha value is -1.01. The molecule has 0 saturated carbocycles. The smallest absolute Gasteiger partial charge is 0.264 e. The van der Waals surface area contributed by atoms with Crippen molar-refractivity contribution >= 4 is 30.0 Å². The van der Waals surface area contributed by atoms with Crippen LogP contribution >= 0.6 is 0 Å². The summed E-state index contributed by atoms with van der Waals surface area (Å²) in [4.78, 5) is 0.0246. The Labute approximate surface area is 148 Å². The van der Waals surface area contributed by atoms with E-state index in [9.17, 15) is 25.3 Å². The molecule has 1 aliphatic rings. The van der Waals surface area contributed by atoms with Crippen LogP contribution in [0, 0.1) is 6.92 Å². The third kappa shape index (κ3) is 5.48. The van der Waals surface area contributed by atoms with Crippen molar-refractivity contribution in [2.24, 2.45) is 0 Å². The van der Waals surface area contributed by atoms with Crippen molar-refractivity contribution in [2.45, 2.75) is 30.4 Å². The fraction of sp³-hybridized carbons (Fsp3) is 0.571. The molecule has 0 bridgehead atoms. The van der Waals surface area contributed by atoms with Crippen LogP contribution in [0.15, 0.2) is 29.2 Å². The summed E-state index contributed by atoms with van der Waals surface area (Å²) >= 11 is 0. The second-order valence-corrected chi connectivity index (χ2v) is 12.0. The fourth-order valence-electron chi connectivity index (χ4n) is 2.80. The van der Waals surface area contributed by atoms with Gasteiger partial charge in [-0.25, -0.2) is 16.8 Å². The van der Waals surface area contributed by atoms with Gasteiger partial charge in [0.05, 0.1) is 23.0 Å². The zero-order valence-corrected chi connectivity index (χ0v) is 16.6. The van der Waals surface area contributed by atoms with Gasteiger partial charge in [-0.05, 0) is 25.5 Å². The summed E-state index contributed by atoms with van der Waals surface area (Å²) in [5, 5.41) is 0. The molecule has 0 unspecified atom stereocenters. The van der Waals surface area contributed by atoms with Crippen molar-refractivity contribution in [3.8, 4) is 0 Å². The van der Waals surface area contributed by atoms with Gasteiger partial charge < -0.3 is 0 Å². The van der Waals surface area contributed by atoms with Crippen LogP contribution in [0.25, 0.3) is 0 Å². The highest BCUT2D eigenvalue weighted by molar-refractivity contribution is 7.91. The molecule has 2 rings (SSSR count). The summed E-state index contributed by atoms with van der Waals surface area (Å²) in [5.74, 6) is -0.401. The summed E-state index contributed by atoms with van der Waals surface area (Å²) in [6.07, 6.45) is 0.956. The van der Waals surface area contributed by atoms with Crippen LogP contribution in [0.2, 0.25) is 0 Å².